The molecule has 1 aromatic rings. The first-order valence-electron chi connectivity index (χ1n) is 5.61. The maximum Gasteiger partial charge on any atom is 0.257 e. The molecule has 2 heterocycles. The van der Waals surface area contributed by atoms with Gasteiger partial charge in [0.05, 0.1) is 11.8 Å². The van der Waals surface area contributed by atoms with Gasteiger partial charge in [-0.1, -0.05) is 0 Å². The van der Waals surface area contributed by atoms with Gasteiger partial charge in [0.2, 0.25) is 0 Å². The molecule has 0 saturated carbocycles. The molecule has 1 amide bonds. The summed E-state index contributed by atoms with van der Waals surface area (Å²) in [6, 6.07) is 0.370. The van der Waals surface area contributed by atoms with Crippen LogP contribution in [0.3, 0.4) is 0 Å². The minimum Gasteiger partial charge on any atom is -0.336 e. The zero-order valence-corrected chi connectivity index (χ0v) is 11.3. The number of carbonyl (C=O) groups is 1. The van der Waals surface area contributed by atoms with Crippen LogP contribution >= 0.6 is 12.4 Å². The van der Waals surface area contributed by atoms with Gasteiger partial charge in [0, 0.05) is 38.4 Å². The Morgan fingerprint density at radius 2 is 2.29 bits per heavy atom. The van der Waals surface area contributed by atoms with E-state index in [1.165, 1.54) is 0 Å². The van der Waals surface area contributed by atoms with Gasteiger partial charge in [-0.25, -0.2) is 0 Å². The Kier molecular flexibility index (Phi) is 4.54. The summed E-state index contributed by atoms with van der Waals surface area (Å²) in [4.78, 5) is 14.1. The Balaban J connectivity index is 0.00000144. The van der Waals surface area contributed by atoms with E-state index in [-0.39, 0.29) is 18.3 Å². The van der Waals surface area contributed by atoms with E-state index in [4.69, 9.17) is 0 Å². The number of aryl methyl sites for hydroxylation is 1. The molecule has 6 heteroatoms. The molecule has 1 aliphatic heterocycles. The molecule has 17 heavy (non-hydrogen) atoms. The smallest absolute Gasteiger partial charge is 0.257 e. The summed E-state index contributed by atoms with van der Waals surface area (Å²) in [5, 5.41) is 7.43. The van der Waals surface area contributed by atoms with Gasteiger partial charge in [-0.3, -0.25) is 9.48 Å². The zero-order valence-electron chi connectivity index (χ0n) is 10.4. The third-order valence-corrected chi connectivity index (χ3v) is 3.12. The molecular formula is C11H19ClN4O. The third-order valence-electron chi connectivity index (χ3n) is 3.12. The highest BCUT2D eigenvalue weighted by Gasteiger charge is 2.23. The number of hydrogen-bond donors (Lipinski definition) is 1. The zero-order chi connectivity index (χ0) is 11.7. The highest BCUT2D eigenvalue weighted by molar-refractivity contribution is 5.95. The standard InChI is InChI=1S/C11H18N4O.ClH/c1-8-7-15(5-4-12-8)11(16)10-6-13-14(3)9(10)2;/h6,8,12H,4-5,7H2,1-3H3;1H. The molecule has 2 rings (SSSR count). The Hall–Kier alpha value is -1.07. The van der Waals surface area contributed by atoms with Gasteiger partial charge in [0.15, 0.2) is 0 Å². The van der Waals surface area contributed by atoms with Crippen LogP contribution in [0.4, 0.5) is 0 Å². The van der Waals surface area contributed by atoms with Gasteiger partial charge in [-0.15, -0.1) is 12.4 Å². The van der Waals surface area contributed by atoms with Gasteiger partial charge < -0.3 is 10.2 Å². The van der Waals surface area contributed by atoms with Crippen LogP contribution in [0.15, 0.2) is 6.20 Å². The van der Waals surface area contributed by atoms with E-state index in [2.05, 4.69) is 17.3 Å². The number of amides is 1. The fourth-order valence-corrected chi connectivity index (χ4v) is 2.00. The molecule has 1 unspecified atom stereocenters. The number of aromatic nitrogens is 2. The molecule has 0 spiro atoms. The van der Waals surface area contributed by atoms with Gasteiger partial charge >= 0.3 is 0 Å². The first-order chi connectivity index (χ1) is 7.59. The van der Waals surface area contributed by atoms with Crippen molar-refractivity contribution in [2.45, 2.75) is 19.9 Å². The molecule has 1 N–H and O–H groups in total. The van der Waals surface area contributed by atoms with E-state index in [0.29, 0.717) is 6.04 Å². The maximum atomic E-state index is 12.2. The number of nitrogens with one attached hydrogen (secondary N) is 1. The Bertz CT molecular complexity index is 404. The summed E-state index contributed by atoms with van der Waals surface area (Å²) < 4.78 is 1.73. The summed E-state index contributed by atoms with van der Waals surface area (Å²) in [5.41, 5.74) is 1.65. The number of carbonyl (C=O) groups excluding carboxylic acids is 1. The first kappa shape index (κ1) is 14.0. The number of nitrogens with zero attached hydrogens (tertiary/aromatic N) is 3. The Labute approximate surface area is 108 Å². The van der Waals surface area contributed by atoms with Crippen molar-refractivity contribution >= 4 is 18.3 Å². The monoisotopic (exact) mass is 258 g/mol. The van der Waals surface area contributed by atoms with Crippen LogP contribution in [-0.2, 0) is 7.05 Å². The molecule has 1 atom stereocenters. The van der Waals surface area contributed by atoms with Crippen molar-refractivity contribution in [3.05, 3.63) is 17.5 Å². The first-order valence-corrected chi connectivity index (χ1v) is 5.61. The van der Waals surface area contributed by atoms with Crippen LogP contribution < -0.4 is 5.32 Å². The molecular weight excluding hydrogens is 240 g/mol. The lowest BCUT2D eigenvalue weighted by atomic mass is 10.2. The molecule has 0 aliphatic carbocycles. The van der Waals surface area contributed by atoms with Crippen LogP contribution in [-0.4, -0.2) is 46.3 Å². The van der Waals surface area contributed by atoms with Crippen molar-refractivity contribution in [1.82, 2.24) is 20.0 Å². The predicted octanol–water partition coefficient (Wildman–Crippen LogP) is 0.584. The quantitative estimate of drug-likeness (QED) is 0.802. The van der Waals surface area contributed by atoms with Crippen LogP contribution in [0.25, 0.3) is 0 Å². The average molecular weight is 259 g/mol. The van der Waals surface area contributed by atoms with E-state index in [0.717, 1.165) is 30.9 Å². The average Bonchev–Trinajstić information content (AvgIpc) is 2.59. The summed E-state index contributed by atoms with van der Waals surface area (Å²) in [6.07, 6.45) is 1.66. The second-order valence-corrected chi connectivity index (χ2v) is 4.37. The molecule has 5 nitrogen and oxygen atoms in total. The topological polar surface area (TPSA) is 50.2 Å². The number of rotatable bonds is 1. The Morgan fingerprint density at radius 1 is 1.59 bits per heavy atom. The van der Waals surface area contributed by atoms with Crippen molar-refractivity contribution in [3.8, 4) is 0 Å². The van der Waals surface area contributed by atoms with Gasteiger partial charge in [-0.2, -0.15) is 5.10 Å². The molecule has 0 aromatic carbocycles. The highest BCUT2D eigenvalue weighted by atomic mass is 35.5. The number of hydrogen-bond acceptors (Lipinski definition) is 3. The summed E-state index contributed by atoms with van der Waals surface area (Å²) in [5.74, 6) is 0.0963. The molecule has 0 radical (unpaired) electrons. The maximum absolute atomic E-state index is 12.2. The molecule has 1 fully saturated rings. The predicted molar refractivity (Wildman–Crippen MR) is 68.6 cm³/mol. The van der Waals surface area contributed by atoms with E-state index in [9.17, 15) is 4.79 Å². The fraction of sp³-hybridized carbons (Fsp3) is 0.636. The molecule has 0 bridgehead atoms. The van der Waals surface area contributed by atoms with E-state index >= 15 is 0 Å². The van der Waals surface area contributed by atoms with Crippen LogP contribution in [0, 0.1) is 6.92 Å². The van der Waals surface area contributed by atoms with Gasteiger partial charge in [-0.05, 0) is 13.8 Å². The van der Waals surface area contributed by atoms with E-state index in [1.807, 2.05) is 18.9 Å². The van der Waals surface area contributed by atoms with Crippen LogP contribution in [0.2, 0.25) is 0 Å². The van der Waals surface area contributed by atoms with Crippen molar-refractivity contribution in [1.29, 1.82) is 0 Å². The highest BCUT2D eigenvalue weighted by Crippen LogP contribution is 2.11. The summed E-state index contributed by atoms with van der Waals surface area (Å²) in [7, 11) is 1.85. The largest absolute Gasteiger partial charge is 0.336 e. The molecule has 96 valence electrons. The van der Waals surface area contributed by atoms with Crippen LogP contribution in [0.5, 0.6) is 0 Å². The summed E-state index contributed by atoms with van der Waals surface area (Å²) >= 11 is 0. The minimum atomic E-state index is 0. The van der Waals surface area contributed by atoms with E-state index in [1.54, 1.807) is 10.9 Å². The van der Waals surface area contributed by atoms with Crippen molar-refractivity contribution in [2.75, 3.05) is 19.6 Å². The molecule has 1 aromatic heterocycles. The fourth-order valence-electron chi connectivity index (χ4n) is 2.00. The van der Waals surface area contributed by atoms with Crippen molar-refractivity contribution in [2.24, 2.45) is 7.05 Å². The third kappa shape index (κ3) is 2.79. The lowest BCUT2D eigenvalue weighted by Crippen LogP contribution is -2.51. The molecule has 1 saturated heterocycles. The van der Waals surface area contributed by atoms with Crippen LogP contribution in [0.1, 0.15) is 23.0 Å². The summed E-state index contributed by atoms with van der Waals surface area (Å²) in [6.45, 7) is 6.43. The minimum absolute atomic E-state index is 0. The second-order valence-electron chi connectivity index (χ2n) is 4.37. The lowest BCUT2D eigenvalue weighted by Gasteiger charge is -2.31. The lowest BCUT2D eigenvalue weighted by molar-refractivity contribution is 0.0708. The van der Waals surface area contributed by atoms with Crippen molar-refractivity contribution in [3.63, 3.8) is 0 Å². The number of halogens is 1. The van der Waals surface area contributed by atoms with Gasteiger partial charge in [0.1, 0.15) is 0 Å². The SMILES string of the molecule is Cc1c(C(=O)N2CCNC(C)C2)cnn1C.Cl. The van der Waals surface area contributed by atoms with E-state index < -0.39 is 0 Å². The molecule has 1 aliphatic rings. The number of piperazine rings is 1. The van der Waals surface area contributed by atoms with Gasteiger partial charge in [0.25, 0.3) is 5.91 Å². The Morgan fingerprint density at radius 3 is 2.82 bits per heavy atom. The normalized spacial score (nSPS) is 19.9. The van der Waals surface area contributed by atoms with Crippen molar-refractivity contribution < 1.29 is 4.79 Å². The second kappa shape index (κ2) is 5.51.